The van der Waals surface area contributed by atoms with Crippen molar-refractivity contribution in [3.8, 4) is 11.5 Å². The van der Waals surface area contributed by atoms with E-state index in [0.717, 1.165) is 36.5 Å². The summed E-state index contributed by atoms with van der Waals surface area (Å²) in [6, 6.07) is 10.1. The highest BCUT2D eigenvalue weighted by molar-refractivity contribution is 5.70. The molecule has 1 aliphatic rings. The van der Waals surface area contributed by atoms with Gasteiger partial charge in [-0.25, -0.2) is 4.98 Å². The van der Waals surface area contributed by atoms with Gasteiger partial charge in [0.2, 0.25) is 0 Å². The Morgan fingerprint density at radius 2 is 2.04 bits per heavy atom. The SMILES string of the molecule is Cc1noc(-c2cccnc2N2CCC[C@H]2c2ccccn2)n1. The summed E-state index contributed by atoms with van der Waals surface area (Å²) in [5.41, 5.74) is 1.94. The van der Waals surface area contributed by atoms with Gasteiger partial charge in [-0.05, 0) is 44.0 Å². The molecule has 0 bridgehead atoms. The number of aryl methyl sites for hydroxylation is 1. The molecule has 1 aliphatic heterocycles. The molecule has 23 heavy (non-hydrogen) atoms. The zero-order valence-electron chi connectivity index (χ0n) is 12.9. The van der Waals surface area contributed by atoms with E-state index in [9.17, 15) is 0 Å². The van der Waals surface area contributed by atoms with Crippen molar-refractivity contribution in [3.05, 3.63) is 54.2 Å². The Bertz CT molecular complexity index is 802. The van der Waals surface area contributed by atoms with Crippen LogP contribution in [0.1, 0.15) is 30.4 Å². The number of pyridine rings is 2. The molecule has 0 amide bonds. The van der Waals surface area contributed by atoms with Crippen LogP contribution in [0.4, 0.5) is 5.82 Å². The third-order valence-electron chi connectivity index (χ3n) is 4.10. The van der Waals surface area contributed by atoms with E-state index in [1.807, 2.05) is 37.4 Å². The van der Waals surface area contributed by atoms with Gasteiger partial charge in [0.15, 0.2) is 5.82 Å². The average Bonchev–Trinajstić information content (AvgIpc) is 3.24. The largest absolute Gasteiger partial charge is 0.347 e. The number of rotatable bonds is 3. The molecule has 3 aromatic heterocycles. The third-order valence-corrected chi connectivity index (χ3v) is 4.10. The molecular formula is C17H17N5O. The molecule has 1 atom stereocenters. The highest BCUT2D eigenvalue weighted by Crippen LogP contribution is 2.38. The molecule has 0 aliphatic carbocycles. The topological polar surface area (TPSA) is 67.9 Å². The van der Waals surface area contributed by atoms with Crippen molar-refractivity contribution in [2.24, 2.45) is 0 Å². The first-order valence-corrected chi connectivity index (χ1v) is 7.76. The van der Waals surface area contributed by atoms with E-state index in [1.165, 1.54) is 0 Å². The van der Waals surface area contributed by atoms with E-state index in [4.69, 9.17) is 4.52 Å². The average molecular weight is 307 g/mol. The molecule has 6 nitrogen and oxygen atoms in total. The molecule has 0 radical (unpaired) electrons. The first kappa shape index (κ1) is 13.9. The van der Waals surface area contributed by atoms with E-state index >= 15 is 0 Å². The minimum atomic E-state index is 0.230. The Morgan fingerprint density at radius 1 is 1.13 bits per heavy atom. The predicted molar refractivity (Wildman–Crippen MR) is 85.8 cm³/mol. The van der Waals surface area contributed by atoms with Crippen LogP contribution in [-0.4, -0.2) is 26.7 Å². The maximum atomic E-state index is 5.35. The Balaban J connectivity index is 1.75. The van der Waals surface area contributed by atoms with Crippen LogP contribution in [0.2, 0.25) is 0 Å². The predicted octanol–water partition coefficient (Wildman–Crippen LogP) is 3.18. The number of anilines is 1. The Hall–Kier alpha value is -2.76. The summed E-state index contributed by atoms with van der Waals surface area (Å²) in [6.07, 6.45) is 5.82. The van der Waals surface area contributed by atoms with Gasteiger partial charge in [0, 0.05) is 18.9 Å². The van der Waals surface area contributed by atoms with E-state index < -0.39 is 0 Å². The monoisotopic (exact) mass is 307 g/mol. The van der Waals surface area contributed by atoms with Gasteiger partial charge < -0.3 is 9.42 Å². The lowest BCUT2D eigenvalue weighted by atomic mass is 10.1. The molecule has 3 aromatic rings. The van der Waals surface area contributed by atoms with E-state index in [-0.39, 0.29) is 6.04 Å². The summed E-state index contributed by atoms with van der Waals surface area (Å²) in [5, 5.41) is 3.89. The fourth-order valence-corrected chi connectivity index (χ4v) is 3.10. The number of hydrogen-bond acceptors (Lipinski definition) is 6. The van der Waals surface area contributed by atoms with Crippen LogP contribution >= 0.6 is 0 Å². The zero-order valence-corrected chi connectivity index (χ0v) is 12.9. The van der Waals surface area contributed by atoms with E-state index in [0.29, 0.717) is 11.7 Å². The minimum Gasteiger partial charge on any atom is -0.347 e. The smallest absolute Gasteiger partial charge is 0.261 e. The van der Waals surface area contributed by atoms with Crippen LogP contribution < -0.4 is 4.90 Å². The first-order valence-electron chi connectivity index (χ1n) is 7.76. The molecule has 1 saturated heterocycles. The molecule has 0 aromatic carbocycles. The lowest BCUT2D eigenvalue weighted by Gasteiger charge is -2.26. The highest BCUT2D eigenvalue weighted by Gasteiger charge is 2.30. The maximum absolute atomic E-state index is 5.35. The van der Waals surface area contributed by atoms with Crippen molar-refractivity contribution in [2.75, 3.05) is 11.4 Å². The third kappa shape index (κ3) is 2.56. The van der Waals surface area contributed by atoms with Gasteiger partial charge in [0.05, 0.1) is 17.3 Å². The molecule has 0 N–H and O–H groups in total. The Morgan fingerprint density at radius 3 is 2.83 bits per heavy atom. The molecule has 0 spiro atoms. The van der Waals surface area contributed by atoms with Gasteiger partial charge in [0.1, 0.15) is 5.82 Å². The van der Waals surface area contributed by atoms with Crippen molar-refractivity contribution in [2.45, 2.75) is 25.8 Å². The summed E-state index contributed by atoms with van der Waals surface area (Å²) in [5.74, 6) is 2.01. The minimum absolute atomic E-state index is 0.230. The second kappa shape index (κ2) is 5.79. The van der Waals surface area contributed by atoms with Crippen LogP contribution in [-0.2, 0) is 0 Å². The second-order valence-electron chi connectivity index (χ2n) is 5.63. The van der Waals surface area contributed by atoms with Crippen molar-refractivity contribution in [3.63, 3.8) is 0 Å². The molecule has 1 fully saturated rings. The van der Waals surface area contributed by atoms with Gasteiger partial charge in [0.25, 0.3) is 5.89 Å². The standard InChI is InChI=1S/C17H17N5O/c1-12-20-17(23-21-12)13-6-4-10-19-16(13)22-11-5-8-15(22)14-7-2-3-9-18-14/h2-4,6-7,9-10,15H,5,8,11H2,1H3/t15-/m0/s1. The molecule has 4 heterocycles. The highest BCUT2D eigenvalue weighted by atomic mass is 16.5. The Labute approximate surface area is 134 Å². The molecular weight excluding hydrogens is 290 g/mol. The van der Waals surface area contributed by atoms with Gasteiger partial charge >= 0.3 is 0 Å². The van der Waals surface area contributed by atoms with Crippen LogP contribution in [0.5, 0.6) is 0 Å². The van der Waals surface area contributed by atoms with Gasteiger partial charge in [-0.15, -0.1) is 0 Å². The van der Waals surface area contributed by atoms with Gasteiger partial charge in [-0.2, -0.15) is 4.98 Å². The Kier molecular flexibility index (Phi) is 3.49. The summed E-state index contributed by atoms with van der Waals surface area (Å²) < 4.78 is 5.35. The zero-order chi connectivity index (χ0) is 15.6. The van der Waals surface area contributed by atoms with Crippen molar-refractivity contribution in [1.82, 2.24) is 20.1 Å². The van der Waals surface area contributed by atoms with E-state index in [1.54, 1.807) is 6.20 Å². The molecule has 0 unspecified atom stereocenters. The maximum Gasteiger partial charge on any atom is 0.261 e. The molecule has 116 valence electrons. The van der Waals surface area contributed by atoms with Gasteiger partial charge in [-0.1, -0.05) is 11.2 Å². The quantitative estimate of drug-likeness (QED) is 0.740. The van der Waals surface area contributed by atoms with Crippen LogP contribution in [0.25, 0.3) is 11.5 Å². The summed E-state index contributed by atoms with van der Waals surface area (Å²) >= 11 is 0. The molecule has 0 saturated carbocycles. The normalized spacial score (nSPS) is 17.6. The summed E-state index contributed by atoms with van der Waals surface area (Å²) in [4.78, 5) is 15.8. The van der Waals surface area contributed by atoms with Crippen molar-refractivity contribution >= 4 is 5.82 Å². The summed E-state index contributed by atoms with van der Waals surface area (Å²) in [7, 11) is 0. The summed E-state index contributed by atoms with van der Waals surface area (Å²) in [6.45, 7) is 2.76. The first-order chi connectivity index (χ1) is 11.3. The van der Waals surface area contributed by atoms with Gasteiger partial charge in [-0.3, -0.25) is 4.98 Å². The van der Waals surface area contributed by atoms with Crippen LogP contribution in [0.3, 0.4) is 0 Å². The van der Waals surface area contributed by atoms with Crippen molar-refractivity contribution < 1.29 is 4.52 Å². The number of hydrogen-bond donors (Lipinski definition) is 0. The second-order valence-corrected chi connectivity index (χ2v) is 5.63. The van der Waals surface area contributed by atoms with Crippen molar-refractivity contribution in [1.29, 1.82) is 0 Å². The molecule has 4 rings (SSSR count). The molecule has 6 heteroatoms. The van der Waals surface area contributed by atoms with Crippen LogP contribution in [0, 0.1) is 6.92 Å². The number of aromatic nitrogens is 4. The van der Waals surface area contributed by atoms with E-state index in [2.05, 4.69) is 31.1 Å². The lowest BCUT2D eigenvalue weighted by Crippen LogP contribution is -2.24. The fourth-order valence-electron chi connectivity index (χ4n) is 3.10. The fraction of sp³-hybridized carbons (Fsp3) is 0.294. The van der Waals surface area contributed by atoms with Crippen LogP contribution in [0.15, 0.2) is 47.2 Å². The lowest BCUT2D eigenvalue weighted by molar-refractivity contribution is 0.425. The number of nitrogens with zero attached hydrogens (tertiary/aromatic N) is 5.